The van der Waals surface area contributed by atoms with Crippen molar-refractivity contribution in [1.82, 2.24) is 9.55 Å². The quantitative estimate of drug-likeness (QED) is 0.190. The second kappa shape index (κ2) is 11.0. The van der Waals surface area contributed by atoms with Crippen LogP contribution in [0, 0.1) is 0 Å². The van der Waals surface area contributed by atoms with Gasteiger partial charge >= 0.3 is 0 Å². The van der Waals surface area contributed by atoms with E-state index in [4.69, 9.17) is 4.42 Å². The SMILES string of the molecule is c1ccc(-c2ccc(N(c3ccc4c5ccccc5n(-c5ccccc5)c4c3)c3cccc4c3oc3c5cnccc5ccc43)cc2)cc1. The van der Waals surface area contributed by atoms with Gasteiger partial charge in [-0.3, -0.25) is 4.98 Å². The van der Waals surface area contributed by atoms with Crippen molar-refractivity contribution in [2.45, 2.75) is 0 Å². The third-order valence-corrected chi connectivity index (χ3v) is 9.67. The molecule has 7 aromatic carbocycles. The molecule has 0 aliphatic carbocycles. The smallest absolute Gasteiger partial charge is 0.159 e. The summed E-state index contributed by atoms with van der Waals surface area (Å²) in [7, 11) is 0. The summed E-state index contributed by atoms with van der Waals surface area (Å²) in [4.78, 5) is 6.75. The van der Waals surface area contributed by atoms with E-state index < -0.39 is 0 Å². The number of aromatic nitrogens is 2. The summed E-state index contributed by atoms with van der Waals surface area (Å²) in [6.45, 7) is 0. The van der Waals surface area contributed by atoms with Crippen molar-refractivity contribution in [3.63, 3.8) is 0 Å². The lowest BCUT2D eigenvalue weighted by atomic mass is 10.0. The van der Waals surface area contributed by atoms with Gasteiger partial charge in [0, 0.05) is 56.4 Å². The van der Waals surface area contributed by atoms with Crippen LogP contribution in [-0.4, -0.2) is 9.55 Å². The summed E-state index contributed by atoms with van der Waals surface area (Å²) in [5.41, 5.74) is 10.6. The molecular weight excluding hydrogens is 599 g/mol. The van der Waals surface area contributed by atoms with Crippen LogP contribution in [0.2, 0.25) is 0 Å². The van der Waals surface area contributed by atoms with Crippen molar-refractivity contribution in [1.29, 1.82) is 0 Å². The van der Waals surface area contributed by atoms with E-state index in [0.29, 0.717) is 0 Å². The fraction of sp³-hybridized carbons (Fsp3) is 0. The Bertz CT molecular complexity index is 2820. The highest BCUT2D eigenvalue weighted by atomic mass is 16.3. The minimum atomic E-state index is 0.838. The molecule has 0 atom stereocenters. The third kappa shape index (κ3) is 4.35. The van der Waals surface area contributed by atoms with Crippen LogP contribution in [0.15, 0.2) is 181 Å². The fourth-order valence-electron chi connectivity index (χ4n) is 7.39. The number of hydrogen-bond donors (Lipinski definition) is 0. The molecule has 10 rings (SSSR count). The van der Waals surface area contributed by atoms with E-state index in [1.54, 1.807) is 0 Å². The molecule has 4 nitrogen and oxygen atoms in total. The number of rotatable bonds is 5. The first-order valence-corrected chi connectivity index (χ1v) is 16.5. The van der Waals surface area contributed by atoms with Crippen LogP contribution < -0.4 is 4.90 Å². The van der Waals surface area contributed by atoms with Gasteiger partial charge in [-0.05, 0) is 77.2 Å². The molecule has 4 heteroatoms. The second-order valence-corrected chi connectivity index (χ2v) is 12.4. The fourth-order valence-corrected chi connectivity index (χ4v) is 7.39. The van der Waals surface area contributed by atoms with E-state index >= 15 is 0 Å². The first kappa shape index (κ1) is 27.5. The molecule has 0 radical (unpaired) electrons. The molecule has 0 spiro atoms. The number of hydrogen-bond acceptors (Lipinski definition) is 3. The van der Waals surface area contributed by atoms with Crippen LogP contribution in [0.4, 0.5) is 17.1 Å². The average Bonchev–Trinajstić information content (AvgIpc) is 3.72. The van der Waals surface area contributed by atoms with Crippen molar-refractivity contribution in [2.24, 2.45) is 0 Å². The number of benzene rings is 7. The van der Waals surface area contributed by atoms with Gasteiger partial charge in [0.15, 0.2) is 5.58 Å². The first-order valence-electron chi connectivity index (χ1n) is 16.5. The van der Waals surface area contributed by atoms with E-state index in [0.717, 1.165) is 61.0 Å². The van der Waals surface area contributed by atoms with Gasteiger partial charge in [0.05, 0.1) is 16.7 Å². The standard InChI is InChI=1S/C45H29N3O/c1-3-10-30(11-4-1)31-18-21-34(22-19-31)47(42-17-9-15-38-39-24-20-32-26-27-46-29-40(32)44(39)49-45(38)42)35-23-25-37-36-14-7-8-16-41(36)48(43(37)28-35)33-12-5-2-6-13-33/h1-29H. The molecule has 10 aromatic rings. The highest BCUT2D eigenvalue weighted by Crippen LogP contribution is 2.45. The number of para-hydroxylation sites is 3. The van der Waals surface area contributed by atoms with Gasteiger partial charge in [0.2, 0.25) is 0 Å². The maximum absolute atomic E-state index is 6.86. The van der Waals surface area contributed by atoms with Gasteiger partial charge in [-0.15, -0.1) is 0 Å². The van der Waals surface area contributed by atoms with Crippen LogP contribution in [0.25, 0.3) is 71.3 Å². The summed E-state index contributed by atoms with van der Waals surface area (Å²) >= 11 is 0. The number of pyridine rings is 1. The average molecular weight is 628 g/mol. The highest BCUT2D eigenvalue weighted by Gasteiger charge is 2.22. The Morgan fingerprint density at radius 3 is 2.00 bits per heavy atom. The summed E-state index contributed by atoms with van der Waals surface area (Å²) in [5, 5.41) is 6.71. The Balaban J connectivity index is 1.24. The van der Waals surface area contributed by atoms with Crippen molar-refractivity contribution in [3.8, 4) is 16.8 Å². The second-order valence-electron chi connectivity index (χ2n) is 12.4. The molecule has 230 valence electrons. The lowest BCUT2D eigenvalue weighted by Gasteiger charge is -2.26. The molecule has 0 saturated heterocycles. The molecule has 0 N–H and O–H groups in total. The number of fused-ring (bicyclic) bond motifs is 8. The van der Waals surface area contributed by atoms with Gasteiger partial charge in [-0.2, -0.15) is 0 Å². The Labute approximate surface area is 282 Å². The number of anilines is 3. The summed E-state index contributed by atoms with van der Waals surface area (Å²) in [5.74, 6) is 0. The lowest BCUT2D eigenvalue weighted by Crippen LogP contribution is -2.10. The summed E-state index contributed by atoms with van der Waals surface area (Å²) < 4.78 is 9.22. The lowest BCUT2D eigenvalue weighted by molar-refractivity contribution is 0.672. The molecular formula is C45H29N3O. The van der Waals surface area contributed by atoms with E-state index in [-0.39, 0.29) is 0 Å². The molecule has 0 bridgehead atoms. The predicted octanol–water partition coefficient (Wildman–Crippen LogP) is 12.4. The van der Waals surface area contributed by atoms with Gasteiger partial charge in [-0.25, -0.2) is 0 Å². The van der Waals surface area contributed by atoms with E-state index in [2.05, 4.69) is 172 Å². The van der Waals surface area contributed by atoms with E-state index in [1.807, 2.05) is 18.5 Å². The Morgan fingerprint density at radius 1 is 0.469 bits per heavy atom. The molecule has 49 heavy (non-hydrogen) atoms. The molecule has 3 heterocycles. The van der Waals surface area contributed by atoms with Crippen LogP contribution in [0.3, 0.4) is 0 Å². The molecule has 0 aliphatic heterocycles. The minimum absolute atomic E-state index is 0.838. The zero-order valence-electron chi connectivity index (χ0n) is 26.5. The largest absolute Gasteiger partial charge is 0.453 e. The van der Waals surface area contributed by atoms with E-state index in [1.165, 1.54) is 27.4 Å². The van der Waals surface area contributed by atoms with Gasteiger partial charge in [0.1, 0.15) is 5.58 Å². The summed E-state index contributed by atoms with van der Waals surface area (Å²) in [6, 6.07) is 58.2. The third-order valence-electron chi connectivity index (χ3n) is 9.67. The Hall–Kier alpha value is -6.65. The topological polar surface area (TPSA) is 34.2 Å². The molecule has 0 saturated carbocycles. The number of furan rings is 1. The summed E-state index contributed by atoms with van der Waals surface area (Å²) in [6.07, 6.45) is 3.73. The van der Waals surface area contributed by atoms with Crippen LogP contribution in [-0.2, 0) is 0 Å². The molecule has 0 amide bonds. The van der Waals surface area contributed by atoms with Crippen LogP contribution in [0.5, 0.6) is 0 Å². The maximum atomic E-state index is 6.86. The maximum Gasteiger partial charge on any atom is 0.159 e. The van der Waals surface area contributed by atoms with Crippen molar-refractivity contribution >= 4 is 71.6 Å². The molecule has 0 unspecified atom stereocenters. The van der Waals surface area contributed by atoms with Gasteiger partial charge in [0.25, 0.3) is 0 Å². The normalized spacial score (nSPS) is 11.7. The number of nitrogens with zero attached hydrogens (tertiary/aromatic N) is 3. The van der Waals surface area contributed by atoms with Crippen molar-refractivity contribution < 1.29 is 4.42 Å². The molecule has 0 fully saturated rings. The minimum Gasteiger partial charge on any atom is -0.453 e. The zero-order valence-corrected chi connectivity index (χ0v) is 26.5. The van der Waals surface area contributed by atoms with E-state index in [9.17, 15) is 0 Å². The monoisotopic (exact) mass is 627 g/mol. The van der Waals surface area contributed by atoms with Crippen LogP contribution in [0.1, 0.15) is 0 Å². The predicted molar refractivity (Wildman–Crippen MR) is 203 cm³/mol. The van der Waals surface area contributed by atoms with Crippen LogP contribution >= 0.6 is 0 Å². The zero-order chi connectivity index (χ0) is 32.3. The highest BCUT2D eigenvalue weighted by molar-refractivity contribution is 6.17. The van der Waals surface area contributed by atoms with Gasteiger partial charge < -0.3 is 13.9 Å². The van der Waals surface area contributed by atoms with Gasteiger partial charge in [-0.1, -0.05) is 103 Å². The molecule has 0 aliphatic rings. The Morgan fingerprint density at radius 2 is 1.14 bits per heavy atom. The Kier molecular flexibility index (Phi) is 6.15. The first-order chi connectivity index (χ1) is 24.3. The molecule has 3 aromatic heterocycles. The van der Waals surface area contributed by atoms with Crippen molar-refractivity contribution in [2.75, 3.05) is 4.90 Å². The van der Waals surface area contributed by atoms with Crippen molar-refractivity contribution in [3.05, 3.63) is 176 Å².